The van der Waals surface area contributed by atoms with E-state index in [0.717, 1.165) is 32.8 Å². The highest BCUT2D eigenvalue weighted by Gasteiger charge is 2.42. The summed E-state index contributed by atoms with van der Waals surface area (Å²) in [6, 6.07) is -1.40. The minimum atomic E-state index is -1.40. The van der Waals surface area contributed by atoms with Crippen molar-refractivity contribution in [3.8, 4) is 0 Å². The largest absolute Gasteiger partial charge is 0.481 e. The average molecular weight is 412 g/mol. The van der Waals surface area contributed by atoms with Crippen molar-refractivity contribution in [3.63, 3.8) is 0 Å². The third-order valence-corrected chi connectivity index (χ3v) is 6.53. The van der Waals surface area contributed by atoms with E-state index >= 15 is 0 Å². The van der Waals surface area contributed by atoms with Gasteiger partial charge in [0.15, 0.2) is 11.8 Å². The number of ketones is 1. The maximum atomic E-state index is 12.6. The van der Waals surface area contributed by atoms with Gasteiger partial charge in [-0.25, -0.2) is 4.79 Å². The van der Waals surface area contributed by atoms with Crippen LogP contribution in [0.25, 0.3) is 0 Å². The van der Waals surface area contributed by atoms with Crippen LogP contribution in [0, 0.1) is 16.7 Å². The molecule has 29 heavy (non-hydrogen) atoms. The topological polar surface area (TPSA) is 110 Å². The van der Waals surface area contributed by atoms with Gasteiger partial charge in [-0.1, -0.05) is 46.5 Å². The summed E-state index contributed by atoms with van der Waals surface area (Å²) in [6.07, 6.45) is 7.70. The van der Waals surface area contributed by atoms with Crippen LogP contribution in [0.2, 0.25) is 0 Å². The van der Waals surface area contributed by atoms with Crippen LogP contribution in [-0.2, 0) is 23.9 Å². The molecule has 0 heterocycles. The average Bonchev–Trinajstić information content (AvgIpc) is 2.63. The number of esters is 1. The summed E-state index contributed by atoms with van der Waals surface area (Å²) in [7, 11) is 1.13. The summed E-state index contributed by atoms with van der Waals surface area (Å²) >= 11 is 0. The number of Topliss-reactive ketones (excluding diaryl/α,β-unsaturated/α-hetero) is 1. The Morgan fingerprint density at radius 2 is 1.69 bits per heavy atom. The summed E-state index contributed by atoms with van der Waals surface area (Å²) in [5.74, 6) is -3.86. The van der Waals surface area contributed by atoms with Crippen molar-refractivity contribution in [2.45, 2.75) is 91.5 Å². The van der Waals surface area contributed by atoms with Crippen molar-refractivity contribution in [1.82, 2.24) is 5.32 Å². The lowest BCUT2D eigenvalue weighted by Crippen LogP contribution is -2.48. The van der Waals surface area contributed by atoms with Gasteiger partial charge in [-0.2, -0.15) is 0 Å². The van der Waals surface area contributed by atoms with Crippen LogP contribution in [0.5, 0.6) is 0 Å². The zero-order valence-corrected chi connectivity index (χ0v) is 18.5. The molecule has 1 fully saturated rings. The second-order valence-corrected chi connectivity index (χ2v) is 9.35. The number of ether oxygens (including phenoxy) is 1. The van der Waals surface area contributed by atoms with Gasteiger partial charge < -0.3 is 15.2 Å². The fourth-order valence-corrected chi connectivity index (χ4v) is 4.53. The molecule has 0 aliphatic heterocycles. The van der Waals surface area contributed by atoms with Crippen LogP contribution in [0.1, 0.15) is 85.5 Å². The van der Waals surface area contributed by atoms with E-state index in [4.69, 9.17) is 0 Å². The van der Waals surface area contributed by atoms with E-state index in [-0.39, 0.29) is 17.3 Å². The number of carbonyl (C=O) groups excluding carboxylic acids is 3. The highest BCUT2D eigenvalue weighted by atomic mass is 16.5. The maximum Gasteiger partial charge on any atom is 0.336 e. The number of aliphatic carboxylic acids is 1. The molecule has 0 saturated heterocycles. The van der Waals surface area contributed by atoms with E-state index in [1.165, 1.54) is 26.2 Å². The van der Waals surface area contributed by atoms with Gasteiger partial charge in [0.2, 0.25) is 5.91 Å². The highest BCUT2D eigenvalue weighted by Crippen LogP contribution is 2.52. The van der Waals surface area contributed by atoms with Crippen LogP contribution < -0.4 is 5.32 Å². The third-order valence-electron chi connectivity index (χ3n) is 6.53. The molecule has 1 aliphatic carbocycles. The van der Waals surface area contributed by atoms with Gasteiger partial charge in [0.1, 0.15) is 0 Å². The number of carbonyl (C=O) groups is 4. The van der Waals surface area contributed by atoms with E-state index in [0.29, 0.717) is 6.42 Å². The molecule has 1 saturated carbocycles. The molecule has 0 aromatic rings. The normalized spacial score (nSPS) is 18.4. The van der Waals surface area contributed by atoms with Gasteiger partial charge >= 0.3 is 11.9 Å². The lowest BCUT2D eigenvalue weighted by atomic mass is 9.57. The van der Waals surface area contributed by atoms with Gasteiger partial charge in [0.25, 0.3) is 0 Å². The molecule has 7 nitrogen and oxygen atoms in total. The van der Waals surface area contributed by atoms with E-state index in [1.54, 1.807) is 0 Å². The summed E-state index contributed by atoms with van der Waals surface area (Å²) in [5.41, 5.74) is 0.339. The summed E-state index contributed by atoms with van der Waals surface area (Å²) in [4.78, 5) is 47.3. The standard InChI is InChI=1S/C22H37NO6/c1-15(24)18(20(28)29-5)23-19(27)16(14-17(25)26)10-9-13-22(21(2,3)4)11-7-6-8-12-22/h16,18H,6-14H2,1-5H3,(H,23,27)(H,25,26). The monoisotopic (exact) mass is 411 g/mol. The molecular formula is C22H37NO6. The third kappa shape index (κ3) is 7.12. The fraction of sp³-hybridized carbons (Fsp3) is 0.818. The molecule has 1 aliphatic rings. The first-order valence-corrected chi connectivity index (χ1v) is 10.5. The number of hydrogen-bond acceptors (Lipinski definition) is 5. The minimum Gasteiger partial charge on any atom is -0.481 e. The van der Waals surface area contributed by atoms with Crippen LogP contribution in [-0.4, -0.2) is 41.9 Å². The zero-order chi connectivity index (χ0) is 22.2. The first-order valence-electron chi connectivity index (χ1n) is 10.5. The molecule has 1 rings (SSSR count). The molecule has 0 radical (unpaired) electrons. The van der Waals surface area contributed by atoms with Crippen molar-refractivity contribution < 1.29 is 29.0 Å². The molecule has 2 unspecified atom stereocenters. The van der Waals surface area contributed by atoms with Gasteiger partial charge in [-0.05, 0) is 43.4 Å². The Bertz CT molecular complexity index is 601. The number of carboxylic acids is 1. The van der Waals surface area contributed by atoms with Crippen LogP contribution in [0.4, 0.5) is 0 Å². The van der Waals surface area contributed by atoms with Gasteiger partial charge in [-0.15, -0.1) is 0 Å². The summed E-state index contributed by atoms with van der Waals surface area (Å²) < 4.78 is 4.56. The van der Waals surface area contributed by atoms with E-state index in [1.807, 2.05) is 0 Å². The smallest absolute Gasteiger partial charge is 0.336 e. The Labute approximate surface area is 174 Å². The van der Waals surface area contributed by atoms with Crippen molar-refractivity contribution >= 4 is 23.6 Å². The number of carboxylic acid groups (broad SMARTS) is 1. The fourth-order valence-electron chi connectivity index (χ4n) is 4.53. The molecule has 166 valence electrons. The van der Waals surface area contributed by atoms with Crippen molar-refractivity contribution in [2.75, 3.05) is 7.11 Å². The zero-order valence-electron chi connectivity index (χ0n) is 18.5. The Hall–Kier alpha value is -1.92. The number of methoxy groups -OCH3 is 1. The minimum absolute atomic E-state index is 0.141. The predicted molar refractivity (Wildman–Crippen MR) is 109 cm³/mol. The number of rotatable bonds is 10. The molecule has 1 amide bonds. The first kappa shape index (κ1) is 25.1. The van der Waals surface area contributed by atoms with E-state index in [2.05, 4.69) is 30.8 Å². The van der Waals surface area contributed by atoms with E-state index < -0.39 is 35.6 Å². The Balaban J connectivity index is 2.82. The lowest BCUT2D eigenvalue weighted by molar-refractivity contribution is -0.149. The van der Waals surface area contributed by atoms with Crippen molar-refractivity contribution in [1.29, 1.82) is 0 Å². The van der Waals surface area contributed by atoms with Gasteiger partial charge in [0.05, 0.1) is 13.5 Å². The van der Waals surface area contributed by atoms with Crippen LogP contribution >= 0.6 is 0 Å². The Morgan fingerprint density at radius 1 is 1.10 bits per heavy atom. The predicted octanol–water partition coefficient (Wildman–Crippen LogP) is 3.49. The maximum absolute atomic E-state index is 12.6. The van der Waals surface area contributed by atoms with E-state index in [9.17, 15) is 24.3 Å². The van der Waals surface area contributed by atoms with Crippen LogP contribution in [0.3, 0.4) is 0 Å². The number of amides is 1. The molecular weight excluding hydrogens is 374 g/mol. The molecule has 0 aromatic heterocycles. The van der Waals surface area contributed by atoms with Crippen molar-refractivity contribution in [2.24, 2.45) is 16.7 Å². The summed E-state index contributed by atoms with van der Waals surface area (Å²) in [6.45, 7) is 7.96. The Morgan fingerprint density at radius 3 is 2.14 bits per heavy atom. The molecule has 0 spiro atoms. The van der Waals surface area contributed by atoms with Crippen molar-refractivity contribution in [3.05, 3.63) is 0 Å². The lowest BCUT2D eigenvalue weighted by Gasteiger charge is -2.48. The molecule has 0 aromatic carbocycles. The molecule has 0 bridgehead atoms. The first-order chi connectivity index (χ1) is 13.4. The second-order valence-electron chi connectivity index (χ2n) is 9.35. The SMILES string of the molecule is COC(=O)C(NC(=O)C(CCCC1(C(C)(C)C)CCCCC1)CC(=O)O)C(C)=O. The molecule has 2 atom stereocenters. The van der Waals surface area contributed by atoms with Crippen LogP contribution in [0.15, 0.2) is 0 Å². The highest BCUT2D eigenvalue weighted by molar-refractivity contribution is 6.05. The Kier molecular flexibility index (Phi) is 9.30. The van der Waals surface area contributed by atoms with Gasteiger partial charge in [0, 0.05) is 5.92 Å². The quantitative estimate of drug-likeness (QED) is 0.421. The number of nitrogens with one attached hydrogen (secondary N) is 1. The summed E-state index contributed by atoms with van der Waals surface area (Å²) in [5, 5.41) is 11.6. The molecule has 7 heteroatoms. The number of hydrogen-bond donors (Lipinski definition) is 2. The molecule has 2 N–H and O–H groups in total. The van der Waals surface area contributed by atoms with Gasteiger partial charge in [-0.3, -0.25) is 14.4 Å². The second kappa shape index (κ2) is 10.7.